The molecule has 1 aliphatic heterocycles. The van der Waals surface area contributed by atoms with E-state index in [0.29, 0.717) is 24.2 Å². The highest BCUT2D eigenvalue weighted by Gasteiger charge is 2.18. The molecule has 150 valence electrons. The second kappa shape index (κ2) is 9.11. The van der Waals surface area contributed by atoms with Gasteiger partial charge >= 0.3 is 0 Å². The van der Waals surface area contributed by atoms with Crippen LogP contribution in [-0.2, 0) is 4.79 Å². The molecule has 2 aromatic rings. The van der Waals surface area contributed by atoms with Gasteiger partial charge in [0.15, 0.2) is 5.13 Å². The molecule has 0 bridgehead atoms. The predicted octanol–water partition coefficient (Wildman–Crippen LogP) is 3.21. The Bertz CT molecular complexity index is 854. The van der Waals surface area contributed by atoms with Crippen molar-refractivity contribution in [1.82, 2.24) is 9.88 Å². The number of amides is 1. The average molecular weight is 404 g/mol. The van der Waals surface area contributed by atoms with Crippen molar-refractivity contribution in [1.29, 1.82) is 0 Å². The molecule has 1 aliphatic rings. The molecule has 0 saturated carbocycles. The molecule has 28 heavy (non-hydrogen) atoms. The number of nitrogens with zero attached hydrogens (tertiary/aromatic N) is 4. The molecule has 1 amide bonds. The predicted molar refractivity (Wildman–Crippen MR) is 111 cm³/mol. The van der Waals surface area contributed by atoms with E-state index < -0.39 is 4.92 Å². The summed E-state index contributed by atoms with van der Waals surface area (Å²) < 4.78 is 0. The third-order valence-electron chi connectivity index (χ3n) is 4.82. The first kappa shape index (κ1) is 20.2. The molecule has 0 aliphatic carbocycles. The lowest BCUT2D eigenvalue weighted by molar-refractivity contribution is -0.384. The van der Waals surface area contributed by atoms with E-state index in [1.807, 2.05) is 6.92 Å². The molecule has 3 rings (SSSR count). The third-order valence-corrected chi connectivity index (χ3v) is 5.84. The van der Waals surface area contributed by atoms with Gasteiger partial charge in [0.05, 0.1) is 10.6 Å². The first-order valence-electron chi connectivity index (χ1n) is 9.36. The average Bonchev–Trinajstić information content (AvgIpc) is 2.95. The summed E-state index contributed by atoms with van der Waals surface area (Å²) in [5.74, 6) is -0.0754. The van der Waals surface area contributed by atoms with Gasteiger partial charge in [-0.3, -0.25) is 14.9 Å². The van der Waals surface area contributed by atoms with Crippen molar-refractivity contribution in [2.75, 3.05) is 42.9 Å². The van der Waals surface area contributed by atoms with E-state index in [1.165, 1.54) is 12.1 Å². The van der Waals surface area contributed by atoms with Crippen LogP contribution in [0.5, 0.6) is 0 Å². The van der Waals surface area contributed by atoms with Crippen LogP contribution in [0.15, 0.2) is 23.6 Å². The van der Waals surface area contributed by atoms with Gasteiger partial charge < -0.3 is 15.1 Å². The molecule has 1 saturated heterocycles. The highest BCUT2D eigenvalue weighted by Crippen LogP contribution is 2.22. The van der Waals surface area contributed by atoms with Crippen LogP contribution < -0.4 is 10.2 Å². The number of anilines is 2. The fraction of sp³-hybridized carbons (Fsp3) is 0.474. The molecule has 1 aromatic carbocycles. The second-order valence-corrected chi connectivity index (χ2v) is 7.84. The van der Waals surface area contributed by atoms with Gasteiger partial charge in [0.2, 0.25) is 5.91 Å². The van der Waals surface area contributed by atoms with Gasteiger partial charge in [0.25, 0.3) is 5.69 Å². The van der Waals surface area contributed by atoms with Gasteiger partial charge in [-0.15, -0.1) is 11.3 Å². The standard InChI is InChI=1S/C19H25N5O3S/c1-14-12-16(24(26)27)4-5-17(14)21-18(25)6-9-22-7-3-8-23(11-10-22)19-20-15(2)13-28-19/h4-5,12-13H,3,6-11H2,1-2H3,(H,21,25). The molecule has 1 aromatic heterocycles. The van der Waals surface area contributed by atoms with Crippen LogP contribution >= 0.6 is 11.3 Å². The fourth-order valence-electron chi connectivity index (χ4n) is 3.25. The summed E-state index contributed by atoms with van der Waals surface area (Å²) in [6, 6.07) is 4.47. The van der Waals surface area contributed by atoms with Gasteiger partial charge in [-0.05, 0) is 38.4 Å². The van der Waals surface area contributed by atoms with E-state index in [0.717, 1.165) is 43.4 Å². The molecule has 0 unspecified atom stereocenters. The quantitative estimate of drug-likeness (QED) is 0.588. The molecular weight excluding hydrogens is 378 g/mol. The van der Waals surface area contributed by atoms with Crippen LogP contribution in [0.4, 0.5) is 16.5 Å². The van der Waals surface area contributed by atoms with Gasteiger partial charge in [-0.1, -0.05) is 0 Å². The van der Waals surface area contributed by atoms with Crippen LogP contribution in [0.1, 0.15) is 24.1 Å². The maximum Gasteiger partial charge on any atom is 0.269 e. The van der Waals surface area contributed by atoms with Crippen molar-refractivity contribution in [3.05, 3.63) is 45.0 Å². The highest BCUT2D eigenvalue weighted by molar-refractivity contribution is 7.13. The number of thiazole rings is 1. The largest absolute Gasteiger partial charge is 0.347 e. The SMILES string of the molecule is Cc1csc(N2CCCN(CCC(=O)Nc3ccc([N+](=O)[O-])cc3C)CC2)n1. The van der Waals surface area contributed by atoms with E-state index >= 15 is 0 Å². The molecule has 2 heterocycles. The number of benzene rings is 1. The maximum atomic E-state index is 12.3. The maximum absolute atomic E-state index is 12.3. The molecular formula is C19H25N5O3S. The highest BCUT2D eigenvalue weighted by atomic mass is 32.1. The number of carbonyl (C=O) groups is 1. The Hall–Kier alpha value is -2.52. The van der Waals surface area contributed by atoms with Crippen molar-refractivity contribution < 1.29 is 9.72 Å². The first-order chi connectivity index (χ1) is 13.4. The van der Waals surface area contributed by atoms with Gasteiger partial charge in [-0.2, -0.15) is 0 Å². The first-order valence-corrected chi connectivity index (χ1v) is 10.2. The summed E-state index contributed by atoms with van der Waals surface area (Å²) in [5, 5.41) is 16.8. The van der Waals surface area contributed by atoms with E-state index in [-0.39, 0.29) is 11.6 Å². The minimum Gasteiger partial charge on any atom is -0.347 e. The third kappa shape index (κ3) is 5.26. The Kier molecular flexibility index (Phi) is 6.58. The fourth-order valence-corrected chi connectivity index (χ4v) is 4.10. The van der Waals surface area contributed by atoms with Crippen molar-refractivity contribution in [3.63, 3.8) is 0 Å². The number of carbonyl (C=O) groups excluding carboxylic acids is 1. The number of nitro benzene ring substituents is 1. The summed E-state index contributed by atoms with van der Waals surface area (Å²) in [7, 11) is 0. The molecule has 0 radical (unpaired) electrons. The summed E-state index contributed by atoms with van der Waals surface area (Å²) in [6.07, 6.45) is 1.44. The monoisotopic (exact) mass is 403 g/mol. The van der Waals surface area contributed by atoms with Crippen molar-refractivity contribution >= 4 is 33.8 Å². The number of aryl methyl sites for hydroxylation is 2. The van der Waals surface area contributed by atoms with Gasteiger partial charge in [0, 0.05) is 55.8 Å². The zero-order valence-electron chi connectivity index (χ0n) is 16.2. The Morgan fingerprint density at radius 2 is 2.11 bits per heavy atom. The summed E-state index contributed by atoms with van der Waals surface area (Å²) in [5.41, 5.74) is 2.39. The second-order valence-electron chi connectivity index (χ2n) is 7.01. The molecule has 1 N–H and O–H groups in total. The molecule has 9 heteroatoms. The minimum atomic E-state index is -0.436. The number of aromatic nitrogens is 1. The van der Waals surface area contributed by atoms with E-state index in [1.54, 1.807) is 24.3 Å². The normalized spacial score (nSPS) is 15.3. The van der Waals surface area contributed by atoms with Gasteiger partial charge in [0.1, 0.15) is 0 Å². The number of nitro groups is 1. The molecule has 1 fully saturated rings. The number of hydrogen-bond donors (Lipinski definition) is 1. The smallest absolute Gasteiger partial charge is 0.269 e. The zero-order chi connectivity index (χ0) is 20.1. The number of nitrogens with one attached hydrogen (secondary N) is 1. The Labute approximate surface area is 168 Å². The molecule has 8 nitrogen and oxygen atoms in total. The minimum absolute atomic E-state index is 0.0278. The lowest BCUT2D eigenvalue weighted by Gasteiger charge is -2.21. The summed E-state index contributed by atoms with van der Waals surface area (Å²) in [6.45, 7) is 8.23. The van der Waals surface area contributed by atoms with E-state index in [4.69, 9.17) is 0 Å². The summed E-state index contributed by atoms with van der Waals surface area (Å²) in [4.78, 5) is 31.9. The Balaban J connectivity index is 1.47. The van der Waals surface area contributed by atoms with Crippen LogP contribution in [0.3, 0.4) is 0 Å². The van der Waals surface area contributed by atoms with Crippen LogP contribution in [0, 0.1) is 24.0 Å². The Morgan fingerprint density at radius 3 is 2.79 bits per heavy atom. The van der Waals surface area contributed by atoms with Crippen molar-refractivity contribution in [2.24, 2.45) is 0 Å². The van der Waals surface area contributed by atoms with Crippen molar-refractivity contribution in [2.45, 2.75) is 26.7 Å². The molecule has 0 atom stereocenters. The number of rotatable bonds is 6. The van der Waals surface area contributed by atoms with Crippen molar-refractivity contribution in [3.8, 4) is 0 Å². The van der Waals surface area contributed by atoms with Crippen LogP contribution in [0.2, 0.25) is 0 Å². The summed E-state index contributed by atoms with van der Waals surface area (Å²) >= 11 is 1.68. The van der Waals surface area contributed by atoms with Gasteiger partial charge in [-0.25, -0.2) is 4.98 Å². The lowest BCUT2D eigenvalue weighted by Crippen LogP contribution is -2.32. The van der Waals surface area contributed by atoms with E-state index in [9.17, 15) is 14.9 Å². The number of non-ortho nitro benzene ring substituents is 1. The topological polar surface area (TPSA) is 91.6 Å². The van der Waals surface area contributed by atoms with Crippen LogP contribution in [-0.4, -0.2) is 53.4 Å². The zero-order valence-corrected chi connectivity index (χ0v) is 17.0. The molecule has 0 spiro atoms. The Morgan fingerprint density at radius 1 is 1.29 bits per heavy atom. The van der Waals surface area contributed by atoms with E-state index in [2.05, 4.69) is 25.5 Å². The number of hydrogen-bond acceptors (Lipinski definition) is 7. The lowest BCUT2D eigenvalue weighted by atomic mass is 10.1. The van der Waals surface area contributed by atoms with Crippen LogP contribution in [0.25, 0.3) is 0 Å².